The fourth-order valence-electron chi connectivity index (χ4n) is 3.20. The van der Waals surface area contributed by atoms with Crippen molar-refractivity contribution in [3.8, 4) is 5.75 Å². The van der Waals surface area contributed by atoms with Gasteiger partial charge in [0, 0.05) is 23.8 Å². The van der Waals surface area contributed by atoms with Crippen molar-refractivity contribution in [1.29, 1.82) is 0 Å². The third-order valence-electron chi connectivity index (χ3n) is 4.84. The molecule has 0 radical (unpaired) electrons. The van der Waals surface area contributed by atoms with Gasteiger partial charge in [0.1, 0.15) is 5.75 Å². The van der Waals surface area contributed by atoms with Crippen molar-refractivity contribution in [3.63, 3.8) is 0 Å². The van der Waals surface area contributed by atoms with Crippen molar-refractivity contribution in [2.75, 3.05) is 30.0 Å². The van der Waals surface area contributed by atoms with Crippen molar-refractivity contribution in [2.45, 2.75) is 24.3 Å². The molecule has 0 spiro atoms. The normalized spacial score (nSPS) is 17.3. The Bertz CT molecular complexity index is 1210. The van der Waals surface area contributed by atoms with Crippen LogP contribution in [0.1, 0.15) is 23.7 Å². The van der Waals surface area contributed by atoms with Crippen molar-refractivity contribution in [2.24, 2.45) is 0 Å². The van der Waals surface area contributed by atoms with Gasteiger partial charge in [-0.15, -0.1) is 0 Å². The average Bonchev–Trinajstić information content (AvgIpc) is 3.11. The highest BCUT2D eigenvalue weighted by atomic mass is 32.2. The summed E-state index contributed by atoms with van der Waals surface area (Å²) >= 11 is 0. The molecule has 2 aromatic rings. The molecule has 0 bridgehead atoms. The first-order valence-electron chi connectivity index (χ1n) is 10.2. The van der Waals surface area contributed by atoms with Gasteiger partial charge in [0.25, 0.3) is 11.8 Å². The lowest BCUT2D eigenvalue weighted by Gasteiger charge is -2.12. The van der Waals surface area contributed by atoms with Crippen molar-refractivity contribution in [3.05, 3.63) is 54.1 Å². The second kappa shape index (κ2) is 10.3. The Labute approximate surface area is 192 Å². The molecule has 1 aliphatic heterocycles. The molecule has 1 aliphatic rings. The lowest BCUT2D eigenvalue weighted by Crippen LogP contribution is -2.35. The zero-order chi connectivity index (χ0) is 24.1. The summed E-state index contributed by atoms with van der Waals surface area (Å²) in [5.74, 6) is -0.465. The topological polar surface area (TPSA) is 148 Å². The first-order valence-corrected chi connectivity index (χ1v) is 13.5. The predicted molar refractivity (Wildman–Crippen MR) is 122 cm³/mol. The minimum atomic E-state index is -3.90. The first kappa shape index (κ1) is 24.7. The van der Waals surface area contributed by atoms with E-state index >= 15 is 0 Å². The number of nitrogens with one attached hydrogen (secondary N) is 3. The van der Waals surface area contributed by atoms with E-state index in [0.717, 1.165) is 0 Å². The Morgan fingerprint density at radius 2 is 1.73 bits per heavy atom. The van der Waals surface area contributed by atoms with Crippen LogP contribution in [0.3, 0.4) is 0 Å². The highest BCUT2D eigenvalue weighted by Gasteiger charge is 2.31. The molecule has 33 heavy (non-hydrogen) atoms. The molecule has 0 saturated carbocycles. The van der Waals surface area contributed by atoms with E-state index in [1.165, 1.54) is 24.3 Å². The zero-order valence-electron chi connectivity index (χ0n) is 17.9. The zero-order valence-corrected chi connectivity index (χ0v) is 19.5. The summed E-state index contributed by atoms with van der Waals surface area (Å²) < 4.78 is 55.8. The number of hydrogen-bond acceptors (Lipinski definition) is 7. The number of anilines is 1. The highest BCUT2D eigenvalue weighted by molar-refractivity contribution is 7.92. The summed E-state index contributed by atoms with van der Waals surface area (Å²) in [6.07, 6.45) is 0.234. The summed E-state index contributed by atoms with van der Waals surface area (Å²) in [5.41, 5.74) is 0.736. The minimum absolute atomic E-state index is 0.0411. The van der Waals surface area contributed by atoms with Gasteiger partial charge in [-0.1, -0.05) is 0 Å². The van der Waals surface area contributed by atoms with Gasteiger partial charge in [-0.2, -0.15) is 0 Å². The fraction of sp³-hybridized carbons (Fsp3) is 0.333. The van der Waals surface area contributed by atoms with Crippen LogP contribution in [0.2, 0.25) is 0 Å². The molecule has 2 amide bonds. The van der Waals surface area contributed by atoms with Gasteiger partial charge in [0.05, 0.1) is 16.4 Å². The second-order valence-electron chi connectivity index (χ2n) is 7.47. The lowest BCUT2D eigenvalue weighted by molar-refractivity contribution is -0.122. The maximum Gasteiger partial charge on any atom is 0.257 e. The number of amides is 2. The Morgan fingerprint density at radius 3 is 2.30 bits per heavy atom. The van der Waals surface area contributed by atoms with E-state index in [4.69, 9.17) is 4.74 Å². The Kier molecular flexibility index (Phi) is 7.72. The summed E-state index contributed by atoms with van der Waals surface area (Å²) in [4.78, 5) is 23.8. The molecule has 1 atom stereocenters. The molecule has 2 aromatic carbocycles. The van der Waals surface area contributed by atoms with Gasteiger partial charge in [0.2, 0.25) is 10.0 Å². The number of carbonyl (C=O) groups is 2. The monoisotopic (exact) mass is 495 g/mol. The summed E-state index contributed by atoms with van der Waals surface area (Å²) in [6.45, 7) is 2.21. The molecule has 10 nitrogen and oxygen atoms in total. The van der Waals surface area contributed by atoms with Crippen LogP contribution in [0.15, 0.2) is 53.4 Å². The van der Waals surface area contributed by atoms with Gasteiger partial charge >= 0.3 is 0 Å². The molecule has 178 valence electrons. The van der Waals surface area contributed by atoms with E-state index in [1.54, 1.807) is 24.3 Å². The maximum absolute atomic E-state index is 12.5. The molecular weight excluding hydrogens is 470 g/mol. The summed E-state index contributed by atoms with van der Waals surface area (Å²) in [7, 11) is -7.12. The van der Waals surface area contributed by atoms with Crippen LogP contribution >= 0.6 is 0 Å². The third kappa shape index (κ3) is 7.01. The number of carbonyl (C=O) groups excluding carboxylic acids is 2. The number of likely N-dealkylation sites (N-methyl/N-ethyl adjacent to an activating group) is 1. The smallest absolute Gasteiger partial charge is 0.257 e. The number of sulfone groups is 1. The maximum atomic E-state index is 12.5. The molecule has 1 saturated heterocycles. The number of sulfonamides is 1. The van der Waals surface area contributed by atoms with E-state index in [1.807, 2.05) is 6.92 Å². The largest absolute Gasteiger partial charge is 0.484 e. The summed E-state index contributed by atoms with van der Waals surface area (Å²) in [6, 6.07) is 11.1. The van der Waals surface area contributed by atoms with E-state index in [2.05, 4.69) is 15.4 Å². The van der Waals surface area contributed by atoms with Crippen LogP contribution < -0.4 is 20.1 Å². The van der Waals surface area contributed by atoms with Crippen LogP contribution in [0.5, 0.6) is 5.75 Å². The molecule has 1 unspecified atom stereocenters. The van der Waals surface area contributed by atoms with Gasteiger partial charge in [-0.3, -0.25) is 9.59 Å². The van der Waals surface area contributed by atoms with Gasteiger partial charge in [-0.25, -0.2) is 21.6 Å². The Balaban J connectivity index is 1.57. The SMILES string of the molecule is CCNC(=O)COc1ccc(NC(=O)c2ccc(S(=O)(=O)NC3CCS(=O)(=O)C3)cc2)cc1. The van der Waals surface area contributed by atoms with Crippen LogP contribution in [0.25, 0.3) is 0 Å². The molecule has 1 fully saturated rings. The molecule has 3 N–H and O–H groups in total. The predicted octanol–water partition coefficient (Wildman–Crippen LogP) is 0.919. The van der Waals surface area contributed by atoms with Crippen molar-refractivity contribution >= 4 is 37.4 Å². The standard InChI is InChI=1S/C21H25N3O7S2/c1-2-22-20(25)13-31-18-7-5-16(6-8-18)23-21(26)15-3-9-19(10-4-15)33(29,30)24-17-11-12-32(27,28)14-17/h3-10,17,24H,2,11-14H2,1H3,(H,22,25)(H,23,26). The van der Waals surface area contributed by atoms with Gasteiger partial charge in [-0.05, 0) is 61.9 Å². The molecule has 3 rings (SSSR count). The van der Waals surface area contributed by atoms with E-state index < -0.39 is 31.8 Å². The molecule has 0 aromatic heterocycles. The lowest BCUT2D eigenvalue weighted by atomic mass is 10.2. The Morgan fingerprint density at radius 1 is 1.06 bits per heavy atom. The molecule has 1 heterocycles. The highest BCUT2D eigenvalue weighted by Crippen LogP contribution is 2.19. The fourth-order valence-corrected chi connectivity index (χ4v) is 6.25. The van der Waals surface area contributed by atoms with Gasteiger partial charge in [0.15, 0.2) is 16.4 Å². The molecule has 0 aliphatic carbocycles. The van der Waals surface area contributed by atoms with Crippen molar-refractivity contribution < 1.29 is 31.2 Å². The van der Waals surface area contributed by atoms with Gasteiger partial charge < -0.3 is 15.4 Å². The van der Waals surface area contributed by atoms with Crippen LogP contribution in [-0.2, 0) is 24.7 Å². The van der Waals surface area contributed by atoms with Crippen LogP contribution in [0, 0.1) is 0 Å². The Hall–Kier alpha value is -2.96. The quantitative estimate of drug-likeness (QED) is 0.468. The molecule has 12 heteroatoms. The number of ether oxygens (including phenoxy) is 1. The number of rotatable bonds is 9. The van der Waals surface area contributed by atoms with Crippen molar-refractivity contribution in [1.82, 2.24) is 10.0 Å². The van der Waals surface area contributed by atoms with Crippen LogP contribution in [-0.4, -0.2) is 59.3 Å². The second-order valence-corrected chi connectivity index (χ2v) is 11.4. The first-order chi connectivity index (χ1) is 15.6. The number of hydrogen-bond donors (Lipinski definition) is 3. The van der Waals surface area contributed by atoms with E-state index in [9.17, 15) is 26.4 Å². The third-order valence-corrected chi connectivity index (χ3v) is 8.14. The van der Waals surface area contributed by atoms with E-state index in [-0.39, 0.29) is 40.9 Å². The summed E-state index contributed by atoms with van der Waals surface area (Å²) in [5, 5.41) is 5.31. The molecular formula is C21H25N3O7S2. The van der Waals surface area contributed by atoms with E-state index in [0.29, 0.717) is 18.0 Å². The average molecular weight is 496 g/mol. The van der Waals surface area contributed by atoms with Crippen LogP contribution in [0.4, 0.5) is 5.69 Å². The minimum Gasteiger partial charge on any atom is -0.484 e. The number of benzene rings is 2.